The van der Waals surface area contributed by atoms with E-state index in [2.05, 4.69) is 26.0 Å². The molecule has 0 fully saturated rings. The lowest BCUT2D eigenvalue weighted by Crippen LogP contribution is -2.32. The Morgan fingerprint density at radius 2 is 1.58 bits per heavy atom. The average Bonchev–Trinajstić information content (AvgIpc) is 3.33. The van der Waals surface area contributed by atoms with Gasteiger partial charge in [0.2, 0.25) is 5.13 Å². The van der Waals surface area contributed by atoms with E-state index in [1.807, 2.05) is 60.7 Å². The molecular formula is C24H19N5O3S. The first kappa shape index (κ1) is 21.8. The van der Waals surface area contributed by atoms with Crippen LogP contribution in [-0.4, -0.2) is 28.2 Å². The van der Waals surface area contributed by atoms with E-state index in [0.29, 0.717) is 17.4 Å². The summed E-state index contributed by atoms with van der Waals surface area (Å²) in [5.74, 6) is -1.08. The Bertz CT molecular complexity index is 1240. The van der Waals surface area contributed by atoms with Crippen LogP contribution in [0.25, 0.3) is 10.6 Å². The van der Waals surface area contributed by atoms with Gasteiger partial charge in [-0.1, -0.05) is 72.0 Å². The Hall–Kier alpha value is -4.37. The van der Waals surface area contributed by atoms with Gasteiger partial charge in [-0.25, -0.2) is 5.43 Å². The van der Waals surface area contributed by atoms with Gasteiger partial charge in [-0.05, 0) is 35.4 Å². The summed E-state index contributed by atoms with van der Waals surface area (Å²) in [4.78, 5) is 24.0. The van der Waals surface area contributed by atoms with Crippen molar-refractivity contribution in [3.05, 3.63) is 96.1 Å². The molecule has 0 atom stereocenters. The van der Waals surface area contributed by atoms with E-state index in [4.69, 9.17) is 4.74 Å². The van der Waals surface area contributed by atoms with Crippen LogP contribution in [0.15, 0.2) is 90.0 Å². The lowest BCUT2D eigenvalue weighted by atomic mass is 10.2. The Morgan fingerprint density at radius 3 is 2.30 bits per heavy atom. The van der Waals surface area contributed by atoms with Crippen molar-refractivity contribution in [2.24, 2.45) is 5.10 Å². The molecule has 0 aliphatic rings. The highest BCUT2D eigenvalue weighted by Gasteiger charge is 2.16. The van der Waals surface area contributed by atoms with Gasteiger partial charge in [0.25, 0.3) is 0 Å². The van der Waals surface area contributed by atoms with Gasteiger partial charge in [0.1, 0.15) is 17.4 Å². The molecule has 1 heterocycles. The second-order valence-corrected chi connectivity index (χ2v) is 7.75. The van der Waals surface area contributed by atoms with Crippen molar-refractivity contribution in [1.82, 2.24) is 15.6 Å². The molecule has 9 heteroatoms. The Balaban J connectivity index is 1.24. The average molecular weight is 458 g/mol. The van der Waals surface area contributed by atoms with Gasteiger partial charge in [-0.2, -0.15) is 5.10 Å². The quantitative estimate of drug-likeness (QED) is 0.249. The van der Waals surface area contributed by atoms with Crippen molar-refractivity contribution in [2.45, 2.75) is 6.61 Å². The van der Waals surface area contributed by atoms with Gasteiger partial charge in [0, 0.05) is 5.56 Å². The summed E-state index contributed by atoms with van der Waals surface area (Å²) in [7, 11) is 0. The molecule has 0 aliphatic heterocycles. The highest BCUT2D eigenvalue weighted by molar-refractivity contribution is 7.18. The molecule has 4 rings (SSSR count). The number of anilines is 1. The largest absolute Gasteiger partial charge is 0.489 e. The molecule has 0 saturated heterocycles. The monoisotopic (exact) mass is 457 g/mol. The van der Waals surface area contributed by atoms with E-state index >= 15 is 0 Å². The predicted molar refractivity (Wildman–Crippen MR) is 127 cm³/mol. The van der Waals surface area contributed by atoms with Gasteiger partial charge < -0.3 is 4.74 Å². The normalized spacial score (nSPS) is 10.7. The molecule has 3 aromatic carbocycles. The smallest absolute Gasteiger partial charge is 0.329 e. The minimum Gasteiger partial charge on any atom is -0.489 e. The molecule has 0 spiro atoms. The lowest BCUT2D eigenvalue weighted by Gasteiger charge is -2.06. The number of ether oxygens (including phenoxy) is 1. The summed E-state index contributed by atoms with van der Waals surface area (Å²) in [6, 6.07) is 26.5. The van der Waals surface area contributed by atoms with Crippen LogP contribution in [0.4, 0.5) is 5.13 Å². The zero-order valence-corrected chi connectivity index (χ0v) is 18.2. The van der Waals surface area contributed by atoms with E-state index < -0.39 is 11.8 Å². The van der Waals surface area contributed by atoms with Crippen LogP contribution in [0.5, 0.6) is 5.75 Å². The third kappa shape index (κ3) is 6.31. The maximum Gasteiger partial charge on any atom is 0.329 e. The zero-order valence-electron chi connectivity index (χ0n) is 17.3. The predicted octanol–water partition coefficient (Wildman–Crippen LogP) is 3.87. The second-order valence-electron chi connectivity index (χ2n) is 6.77. The van der Waals surface area contributed by atoms with Crippen LogP contribution < -0.4 is 15.5 Å². The Kier molecular flexibility index (Phi) is 7.14. The standard InChI is InChI=1S/C24H19N5O3S/c30-21(26-24-29-28-23(33-24)19-9-5-2-6-10-19)22(31)27-25-15-17-11-13-20(14-12-17)32-16-18-7-3-1-4-8-18/h1-15H,16H2,(H,27,31)(H,26,29,30)/b25-15-. The van der Waals surface area contributed by atoms with Gasteiger partial charge in [-0.15, -0.1) is 10.2 Å². The first-order chi connectivity index (χ1) is 16.2. The maximum atomic E-state index is 12.1. The summed E-state index contributed by atoms with van der Waals surface area (Å²) in [6.45, 7) is 0.473. The topological polar surface area (TPSA) is 106 Å². The molecule has 0 bridgehead atoms. The fourth-order valence-corrected chi connectivity index (χ4v) is 3.48. The van der Waals surface area contributed by atoms with E-state index in [1.54, 1.807) is 24.3 Å². The number of carbonyl (C=O) groups excluding carboxylic acids is 2. The number of nitrogens with zero attached hydrogens (tertiary/aromatic N) is 3. The minimum absolute atomic E-state index is 0.226. The number of nitrogens with one attached hydrogen (secondary N) is 2. The van der Waals surface area contributed by atoms with Crippen molar-refractivity contribution in [3.63, 3.8) is 0 Å². The number of hydrogen-bond acceptors (Lipinski definition) is 7. The van der Waals surface area contributed by atoms with Gasteiger partial charge in [0.15, 0.2) is 0 Å². The fraction of sp³-hybridized carbons (Fsp3) is 0.0417. The van der Waals surface area contributed by atoms with E-state index in [1.165, 1.54) is 17.6 Å². The molecule has 0 saturated carbocycles. The minimum atomic E-state index is -0.912. The van der Waals surface area contributed by atoms with Crippen molar-refractivity contribution in [1.29, 1.82) is 0 Å². The van der Waals surface area contributed by atoms with Gasteiger partial charge in [0.05, 0.1) is 6.21 Å². The van der Waals surface area contributed by atoms with Crippen LogP contribution in [0.2, 0.25) is 0 Å². The molecule has 2 N–H and O–H groups in total. The molecule has 8 nitrogen and oxygen atoms in total. The summed E-state index contributed by atoms with van der Waals surface area (Å²) in [5.41, 5.74) is 4.88. The summed E-state index contributed by atoms with van der Waals surface area (Å²) in [5, 5.41) is 15.0. The molecule has 0 unspecified atom stereocenters. The fourth-order valence-electron chi connectivity index (χ4n) is 2.73. The van der Waals surface area contributed by atoms with Crippen LogP contribution in [0.1, 0.15) is 11.1 Å². The molecule has 33 heavy (non-hydrogen) atoms. The highest BCUT2D eigenvalue weighted by Crippen LogP contribution is 2.25. The number of benzene rings is 3. The second kappa shape index (κ2) is 10.8. The molecule has 0 aliphatic carbocycles. The first-order valence-electron chi connectivity index (χ1n) is 9.97. The number of hydrogen-bond donors (Lipinski definition) is 2. The van der Waals surface area contributed by atoms with Crippen molar-refractivity contribution in [3.8, 4) is 16.3 Å². The number of aromatic nitrogens is 2. The molecule has 164 valence electrons. The summed E-state index contributed by atoms with van der Waals surface area (Å²) >= 11 is 1.17. The van der Waals surface area contributed by atoms with Crippen molar-refractivity contribution >= 4 is 34.5 Å². The van der Waals surface area contributed by atoms with Crippen molar-refractivity contribution in [2.75, 3.05) is 5.32 Å². The van der Waals surface area contributed by atoms with Crippen LogP contribution in [0, 0.1) is 0 Å². The zero-order chi connectivity index (χ0) is 22.9. The third-order valence-electron chi connectivity index (χ3n) is 4.38. The number of rotatable bonds is 7. The highest BCUT2D eigenvalue weighted by atomic mass is 32.1. The third-order valence-corrected chi connectivity index (χ3v) is 5.27. The van der Waals surface area contributed by atoms with Crippen LogP contribution in [-0.2, 0) is 16.2 Å². The van der Waals surface area contributed by atoms with E-state index in [-0.39, 0.29) is 5.13 Å². The molecule has 1 aromatic heterocycles. The lowest BCUT2D eigenvalue weighted by molar-refractivity contribution is -0.136. The number of carbonyl (C=O) groups is 2. The number of amides is 2. The molecule has 2 amide bonds. The summed E-state index contributed by atoms with van der Waals surface area (Å²) < 4.78 is 5.73. The molecular weight excluding hydrogens is 438 g/mol. The van der Waals surface area contributed by atoms with E-state index in [0.717, 1.165) is 16.7 Å². The SMILES string of the molecule is O=C(N/N=C\c1ccc(OCc2ccccc2)cc1)C(=O)Nc1nnc(-c2ccccc2)s1. The van der Waals surface area contributed by atoms with Crippen molar-refractivity contribution < 1.29 is 14.3 Å². The van der Waals surface area contributed by atoms with Crippen LogP contribution >= 0.6 is 11.3 Å². The van der Waals surface area contributed by atoms with E-state index in [9.17, 15) is 9.59 Å². The van der Waals surface area contributed by atoms with Crippen LogP contribution in [0.3, 0.4) is 0 Å². The Labute approximate surface area is 194 Å². The first-order valence-corrected chi connectivity index (χ1v) is 10.8. The number of hydrazone groups is 1. The summed E-state index contributed by atoms with van der Waals surface area (Å²) in [6.07, 6.45) is 1.44. The Morgan fingerprint density at radius 1 is 0.879 bits per heavy atom. The molecule has 4 aromatic rings. The maximum absolute atomic E-state index is 12.1. The van der Waals surface area contributed by atoms with Gasteiger partial charge >= 0.3 is 11.8 Å². The molecule has 0 radical (unpaired) electrons. The van der Waals surface area contributed by atoms with Gasteiger partial charge in [-0.3, -0.25) is 14.9 Å².